The van der Waals surface area contributed by atoms with Gasteiger partial charge in [-0.05, 0) is 30.5 Å². The number of carbonyl (C=O) groups is 1. The number of ketones is 1. The van der Waals surface area contributed by atoms with Crippen molar-refractivity contribution in [1.29, 1.82) is 0 Å². The SMILES string of the molecule is CC/C=C(/C(=O)C1=C2OC=CC(OC)=C2C=CC1(C)C)C(CCCCCCCCCCCCC)c1ccc(OC)cc1. The van der Waals surface area contributed by atoms with Crippen LogP contribution in [0.3, 0.4) is 0 Å². The lowest BCUT2D eigenvalue weighted by Crippen LogP contribution is -2.28. The van der Waals surface area contributed by atoms with Crippen LogP contribution < -0.4 is 4.74 Å². The predicted molar refractivity (Wildman–Crippen MR) is 174 cm³/mol. The van der Waals surface area contributed by atoms with Crippen molar-refractivity contribution in [3.8, 4) is 5.75 Å². The number of benzene rings is 1. The molecule has 1 aliphatic carbocycles. The highest BCUT2D eigenvalue weighted by atomic mass is 16.5. The summed E-state index contributed by atoms with van der Waals surface area (Å²) >= 11 is 0. The minimum absolute atomic E-state index is 0.00480. The Morgan fingerprint density at radius 3 is 2.05 bits per heavy atom. The van der Waals surface area contributed by atoms with E-state index in [-0.39, 0.29) is 11.7 Å². The number of fused-ring (bicyclic) bond motifs is 1. The third kappa shape index (κ3) is 8.99. The standard InChI is InChI=1S/C38H54O4/c1-7-9-10-11-12-13-14-15-16-17-18-20-31(29-21-23-30(40-5)24-22-29)32(19-8-2)36(39)35-37-33(25-27-38(35,3)4)34(41-6)26-28-42-37/h19,21-28,31H,7-18,20H2,1-6H3/b32-19+. The summed E-state index contributed by atoms with van der Waals surface area (Å²) in [6, 6.07) is 8.26. The van der Waals surface area contributed by atoms with Gasteiger partial charge in [0.15, 0.2) is 5.78 Å². The molecule has 4 heteroatoms. The summed E-state index contributed by atoms with van der Waals surface area (Å²) in [6.07, 6.45) is 25.8. The number of hydrogen-bond donors (Lipinski definition) is 0. The molecular formula is C38H54O4. The molecule has 1 aromatic rings. The Labute approximate surface area is 255 Å². The summed E-state index contributed by atoms with van der Waals surface area (Å²) in [7, 11) is 3.34. The van der Waals surface area contributed by atoms with Gasteiger partial charge in [0.2, 0.25) is 0 Å². The van der Waals surface area contributed by atoms with E-state index in [9.17, 15) is 4.79 Å². The average Bonchev–Trinajstić information content (AvgIpc) is 3.00. The Kier molecular flexibility index (Phi) is 13.7. The summed E-state index contributed by atoms with van der Waals surface area (Å²) in [5.41, 5.74) is 3.05. The number of methoxy groups -OCH3 is 2. The van der Waals surface area contributed by atoms with E-state index in [1.165, 1.54) is 64.2 Å². The monoisotopic (exact) mass is 574 g/mol. The van der Waals surface area contributed by atoms with Crippen LogP contribution in [-0.4, -0.2) is 20.0 Å². The number of allylic oxidation sites excluding steroid dienone is 6. The number of hydrogen-bond acceptors (Lipinski definition) is 4. The van der Waals surface area contributed by atoms with E-state index in [1.54, 1.807) is 26.6 Å². The smallest absolute Gasteiger partial charge is 0.189 e. The lowest BCUT2D eigenvalue weighted by atomic mass is 9.71. The van der Waals surface area contributed by atoms with Crippen LogP contribution in [0, 0.1) is 5.41 Å². The molecule has 0 fully saturated rings. The molecule has 42 heavy (non-hydrogen) atoms. The van der Waals surface area contributed by atoms with E-state index in [1.807, 2.05) is 18.2 Å². The second-order valence-electron chi connectivity index (χ2n) is 12.2. The fraction of sp³-hybridized carbons (Fsp3) is 0.553. The molecule has 1 atom stereocenters. The first-order valence-corrected chi connectivity index (χ1v) is 16.3. The minimum atomic E-state index is -0.478. The van der Waals surface area contributed by atoms with Crippen LogP contribution in [0.5, 0.6) is 5.75 Å². The zero-order valence-corrected chi connectivity index (χ0v) is 27.1. The molecule has 0 saturated heterocycles. The zero-order valence-electron chi connectivity index (χ0n) is 27.1. The third-order valence-electron chi connectivity index (χ3n) is 8.58. The van der Waals surface area contributed by atoms with Crippen LogP contribution in [0.4, 0.5) is 0 Å². The predicted octanol–water partition coefficient (Wildman–Crippen LogP) is 10.7. The Morgan fingerprint density at radius 1 is 0.857 bits per heavy atom. The summed E-state index contributed by atoms with van der Waals surface area (Å²) in [5.74, 6) is 2.21. The van der Waals surface area contributed by atoms with Crippen molar-refractivity contribution in [2.24, 2.45) is 5.41 Å². The topological polar surface area (TPSA) is 44.8 Å². The van der Waals surface area contributed by atoms with Gasteiger partial charge >= 0.3 is 0 Å². The van der Waals surface area contributed by atoms with Gasteiger partial charge in [0.25, 0.3) is 0 Å². The summed E-state index contributed by atoms with van der Waals surface area (Å²) in [6.45, 7) is 8.56. The van der Waals surface area contributed by atoms with E-state index in [0.29, 0.717) is 17.1 Å². The first-order valence-electron chi connectivity index (χ1n) is 16.3. The Hall–Kier alpha value is -3.01. The van der Waals surface area contributed by atoms with Gasteiger partial charge in [-0.3, -0.25) is 4.79 Å². The number of carbonyl (C=O) groups excluding carboxylic acids is 1. The molecule has 0 amide bonds. The van der Waals surface area contributed by atoms with E-state index >= 15 is 0 Å². The van der Waals surface area contributed by atoms with Crippen molar-refractivity contribution >= 4 is 5.78 Å². The molecule has 230 valence electrons. The lowest BCUT2D eigenvalue weighted by molar-refractivity contribution is -0.113. The Balaban J connectivity index is 1.80. The summed E-state index contributed by atoms with van der Waals surface area (Å²) in [4.78, 5) is 14.6. The average molecular weight is 575 g/mol. The van der Waals surface area contributed by atoms with Gasteiger partial charge in [0.1, 0.15) is 17.3 Å². The molecular weight excluding hydrogens is 520 g/mol. The third-order valence-corrected chi connectivity index (χ3v) is 8.58. The zero-order chi connectivity index (χ0) is 30.4. The lowest BCUT2D eigenvalue weighted by Gasteiger charge is -2.33. The normalized spacial score (nSPS) is 16.8. The second-order valence-corrected chi connectivity index (χ2v) is 12.2. The first kappa shape index (κ1) is 33.5. The fourth-order valence-corrected chi connectivity index (χ4v) is 6.13. The highest BCUT2D eigenvalue weighted by molar-refractivity contribution is 6.11. The van der Waals surface area contributed by atoms with Crippen molar-refractivity contribution in [2.75, 3.05) is 14.2 Å². The quantitative estimate of drug-likeness (QED) is 0.122. The van der Waals surface area contributed by atoms with Crippen molar-refractivity contribution in [2.45, 2.75) is 117 Å². The van der Waals surface area contributed by atoms with Crippen LogP contribution >= 0.6 is 0 Å². The fourth-order valence-electron chi connectivity index (χ4n) is 6.13. The number of ether oxygens (including phenoxy) is 3. The number of rotatable bonds is 19. The van der Waals surface area contributed by atoms with Gasteiger partial charge in [0, 0.05) is 23.0 Å². The highest BCUT2D eigenvalue weighted by Crippen LogP contribution is 2.45. The van der Waals surface area contributed by atoms with Gasteiger partial charge in [-0.25, -0.2) is 0 Å². The van der Waals surface area contributed by atoms with Gasteiger partial charge in [-0.1, -0.05) is 129 Å². The molecule has 0 radical (unpaired) electrons. The first-order chi connectivity index (χ1) is 20.4. The van der Waals surface area contributed by atoms with Crippen LogP contribution in [-0.2, 0) is 14.3 Å². The maximum Gasteiger partial charge on any atom is 0.189 e. The van der Waals surface area contributed by atoms with Gasteiger partial charge < -0.3 is 14.2 Å². The Morgan fingerprint density at radius 2 is 1.48 bits per heavy atom. The summed E-state index contributed by atoms with van der Waals surface area (Å²) in [5, 5.41) is 0. The van der Waals surface area contributed by atoms with E-state index in [0.717, 1.165) is 41.7 Å². The molecule has 0 aromatic heterocycles. The van der Waals surface area contributed by atoms with Crippen molar-refractivity contribution in [3.05, 3.63) is 88.6 Å². The highest BCUT2D eigenvalue weighted by Gasteiger charge is 2.39. The number of Topliss-reactive ketones (excluding diaryl/α,β-unsaturated/α-hetero) is 1. The summed E-state index contributed by atoms with van der Waals surface area (Å²) < 4.78 is 17.1. The molecule has 0 saturated carbocycles. The number of unbranched alkanes of at least 4 members (excludes halogenated alkanes) is 10. The molecule has 1 aromatic carbocycles. The molecule has 1 heterocycles. The molecule has 1 aliphatic heterocycles. The van der Waals surface area contributed by atoms with Crippen LogP contribution in [0.1, 0.15) is 123 Å². The maximum atomic E-state index is 14.6. The van der Waals surface area contributed by atoms with Gasteiger partial charge in [0.05, 0.1) is 31.6 Å². The van der Waals surface area contributed by atoms with E-state index in [2.05, 4.69) is 52.0 Å². The van der Waals surface area contributed by atoms with Crippen LogP contribution in [0.2, 0.25) is 0 Å². The largest absolute Gasteiger partial charge is 0.497 e. The molecule has 2 aliphatic rings. The van der Waals surface area contributed by atoms with E-state index in [4.69, 9.17) is 14.2 Å². The molecule has 0 N–H and O–H groups in total. The van der Waals surface area contributed by atoms with Crippen molar-refractivity contribution in [1.82, 2.24) is 0 Å². The van der Waals surface area contributed by atoms with Crippen LogP contribution in [0.15, 0.2) is 83.1 Å². The second kappa shape index (κ2) is 17.2. The van der Waals surface area contributed by atoms with Gasteiger partial charge in [-0.15, -0.1) is 0 Å². The maximum absolute atomic E-state index is 14.6. The minimum Gasteiger partial charge on any atom is -0.497 e. The van der Waals surface area contributed by atoms with Crippen LogP contribution in [0.25, 0.3) is 0 Å². The molecule has 0 bridgehead atoms. The van der Waals surface area contributed by atoms with Gasteiger partial charge in [-0.2, -0.15) is 0 Å². The van der Waals surface area contributed by atoms with Crippen molar-refractivity contribution < 1.29 is 19.0 Å². The van der Waals surface area contributed by atoms with E-state index < -0.39 is 5.41 Å². The molecule has 4 nitrogen and oxygen atoms in total. The molecule has 3 rings (SSSR count). The van der Waals surface area contributed by atoms with Crippen molar-refractivity contribution in [3.63, 3.8) is 0 Å². The molecule has 0 spiro atoms. The Bertz CT molecular complexity index is 1160. The molecule has 1 unspecified atom stereocenters.